The van der Waals surface area contributed by atoms with Crippen LogP contribution in [-0.4, -0.2) is 36.5 Å². The third kappa shape index (κ3) is 18.3. The lowest BCUT2D eigenvalue weighted by atomic mass is 10.7. The molecule has 0 saturated carbocycles. The summed E-state index contributed by atoms with van der Waals surface area (Å²) < 4.78 is 17.9. The molecular formula is C12H20O8. The van der Waals surface area contributed by atoms with Crippen molar-refractivity contribution in [3.63, 3.8) is 0 Å². The Kier molecular flexibility index (Phi) is 10.9. The molecule has 0 fully saturated rings. The molecule has 0 saturated heterocycles. The summed E-state index contributed by atoms with van der Waals surface area (Å²) in [6.45, 7) is 7.95. The van der Waals surface area contributed by atoms with Crippen LogP contribution in [0.5, 0.6) is 0 Å². The van der Waals surface area contributed by atoms with Crippen LogP contribution in [0.25, 0.3) is 0 Å². The van der Waals surface area contributed by atoms with Crippen molar-refractivity contribution in [2.45, 2.75) is 54.1 Å². The van der Waals surface area contributed by atoms with Gasteiger partial charge in [-0.15, -0.1) is 0 Å². The van der Waals surface area contributed by atoms with Crippen LogP contribution >= 0.6 is 0 Å². The number of carbonyl (C=O) groups is 4. The van der Waals surface area contributed by atoms with Crippen molar-refractivity contribution in [3.8, 4) is 0 Å². The fraction of sp³-hybridized carbons (Fsp3) is 0.667. The minimum Gasteiger partial charge on any atom is -0.426 e. The van der Waals surface area contributed by atoms with E-state index in [0.29, 0.717) is 0 Å². The second-order valence-electron chi connectivity index (χ2n) is 3.57. The Labute approximate surface area is 117 Å². The van der Waals surface area contributed by atoms with E-state index < -0.39 is 36.5 Å². The van der Waals surface area contributed by atoms with E-state index in [9.17, 15) is 19.2 Å². The summed E-state index contributed by atoms with van der Waals surface area (Å²) in [5.74, 6) is -1.86. The summed E-state index contributed by atoms with van der Waals surface area (Å²) in [6.07, 6.45) is -1.56. The van der Waals surface area contributed by atoms with Crippen molar-refractivity contribution in [2.75, 3.05) is 0 Å². The Hall–Kier alpha value is -2.12. The number of hydrogen-bond donors (Lipinski definition) is 0. The quantitative estimate of drug-likeness (QED) is 0.556. The fourth-order valence-electron chi connectivity index (χ4n) is 0.983. The van der Waals surface area contributed by atoms with Crippen LogP contribution in [0.1, 0.15) is 41.5 Å². The van der Waals surface area contributed by atoms with Gasteiger partial charge in [0.05, 0.1) is 0 Å². The van der Waals surface area contributed by atoms with Crippen LogP contribution in [0.3, 0.4) is 0 Å². The predicted molar refractivity (Wildman–Crippen MR) is 66.0 cm³/mol. The molecule has 0 rings (SSSR count). The Bertz CT molecular complexity index is 283. The van der Waals surface area contributed by atoms with E-state index in [1.807, 2.05) is 0 Å². The molecule has 0 radical (unpaired) electrons. The molecular weight excluding hydrogens is 272 g/mol. The van der Waals surface area contributed by atoms with Gasteiger partial charge in [-0.2, -0.15) is 0 Å². The van der Waals surface area contributed by atoms with Gasteiger partial charge in [0.15, 0.2) is 0 Å². The lowest BCUT2D eigenvalue weighted by molar-refractivity contribution is -0.183. The molecule has 0 unspecified atom stereocenters. The topological polar surface area (TPSA) is 105 Å². The number of hydrogen-bond acceptors (Lipinski definition) is 8. The molecule has 0 atom stereocenters. The number of rotatable bonds is 4. The smallest absolute Gasteiger partial charge is 0.305 e. The molecule has 8 heteroatoms. The summed E-state index contributed by atoms with van der Waals surface area (Å²) in [6, 6.07) is 0. The monoisotopic (exact) mass is 292 g/mol. The van der Waals surface area contributed by atoms with E-state index in [4.69, 9.17) is 0 Å². The summed E-state index contributed by atoms with van der Waals surface area (Å²) >= 11 is 0. The normalized spacial score (nSPS) is 9.20. The molecule has 0 heterocycles. The average molecular weight is 292 g/mol. The van der Waals surface area contributed by atoms with E-state index in [-0.39, 0.29) is 0 Å². The third-order valence-corrected chi connectivity index (χ3v) is 1.33. The SMILES string of the molecule is CC(=O)OC(C)OC(C)=O.CC(=O)OC(C)OC(C)=O. The molecule has 116 valence electrons. The Morgan fingerprint density at radius 2 is 0.700 bits per heavy atom. The molecule has 0 N–H and O–H groups in total. The summed E-state index contributed by atoms with van der Waals surface area (Å²) in [5, 5.41) is 0. The molecule has 0 bridgehead atoms. The number of esters is 4. The molecule has 20 heavy (non-hydrogen) atoms. The van der Waals surface area contributed by atoms with Crippen LogP contribution in [-0.2, 0) is 38.1 Å². The van der Waals surface area contributed by atoms with Gasteiger partial charge in [-0.1, -0.05) is 0 Å². The first kappa shape index (κ1) is 20.2. The molecule has 0 aliphatic rings. The Morgan fingerprint density at radius 3 is 0.800 bits per heavy atom. The lowest BCUT2D eigenvalue weighted by Gasteiger charge is -2.10. The van der Waals surface area contributed by atoms with Gasteiger partial charge < -0.3 is 18.9 Å². The molecule has 0 aromatic heterocycles. The third-order valence-electron chi connectivity index (χ3n) is 1.33. The van der Waals surface area contributed by atoms with Gasteiger partial charge in [-0.3, -0.25) is 19.2 Å². The van der Waals surface area contributed by atoms with Gasteiger partial charge in [0.25, 0.3) is 0 Å². The fourth-order valence-corrected chi connectivity index (χ4v) is 0.983. The maximum atomic E-state index is 10.2. The minimum absolute atomic E-state index is 0.464. The van der Waals surface area contributed by atoms with Gasteiger partial charge in [-0.05, 0) is 0 Å². The van der Waals surface area contributed by atoms with Crippen LogP contribution < -0.4 is 0 Å². The maximum absolute atomic E-state index is 10.2. The van der Waals surface area contributed by atoms with Gasteiger partial charge >= 0.3 is 23.9 Å². The number of ether oxygens (including phenoxy) is 4. The standard InChI is InChI=1S/2C6H10O4/c2*1-4(7)9-6(3)10-5(2)8/h2*6H,1-3H3. The molecule has 0 aliphatic heterocycles. The van der Waals surface area contributed by atoms with Crippen LogP contribution in [0.15, 0.2) is 0 Å². The van der Waals surface area contributed by atoms with Gasteiger partial charge in [0.1, 0.15) is 0 Å². The Balaban J connectivity index is 0. The maximum Gasteiger partial charge on any atom is 0.305 e. The summed E-state index contributed by atoms with van der Waals surface area (Å²) in [4.78, 5) is 40.9. The highest BCUT2D eigenvalue weighted by Gasteiger charge is 2.07. The van der Waals surface area contributed by atoms with E-state index in [1.54, 1.807) is 0 Å². The first-order valence-corrected chi connectivity index (χ1v) is 5.73. The second kappa shape index (κ2) is 10.8. The van der Waals surface area contributed by atoms with Crippen molar-refractivity contribution in [2.24, 2.45) is 0 Å². The highest BCUT2D eigenvalue weighted by molar-refractivity contribution is 5.68. The van der Waals surface area contributed by atoms with Crippen LogP contribution in [0.2, 0.25) is 0 Å². The zero-order valence-corrected chi connectivity index (χ0v) is 12.4. The molecule has 8 nitrogen and oxygen atoms in total. The second-order valence-corrected chi connectivity index (χ2v) is 3.57. The average Bonchev–Trinajstić information content (AvgIpc) is 2.11. The van der Waals surface area contributed by atoms with Crippen molar-refractivity contribution in [1.29, 1.82) is 0 Å². The van der Waals surface area contributed by atoms with Crippen molar-refractivity contribution < 1.29 is 38.1 Å². The van der Waals surface area contributed by atoms with Crippen LogP contribution in [0.4, 0.5) is 0 Å². The molecule has 0 aliphatic carbocycles. The van der Waals surface area contributed by atoms with E-state index in [2.05, 4.69) is 18.9 Å². The van der Waals surface area contributed by atoms with E-state index >= 15 is 0 Å². The van der Waals surface area contributed by atoms with Crippen molar-refractivity contribution in [1.82, 2.24) is 0 Å². The number of carbonyl (C=O) groups excluding carboxylic acids is 4. The van der Waals surface area contributed by atoms with Crippen molar-refractivity contribution in [3.05, 3.63) is 0 Å². The van der Waals surface area contributed by atoms with Crippen LogP contribution in [0, 0.1) is 0 Å². The van der Waals surface area contributed by atoms with Gasteiger partial charge in [-0.25, -0.2) is 0 Å². The first-order valence-electron chi connectivity index (χ1n) is 5.73. The summed E-state index contributed by atoms with van der Waals surface area (Å²) in [5.41, 5.74) is 0. The van der Waals surface area contributed by atoms with Gasteiger partial charge in [0.2, 0.25) is 12.6 Å². The first-order chi connectivity index (χ1) is 9.04. The highest BCUT2D eigenvalue weighted by atomic mass is 16.7. The molecule has 0 spiro atoms. The van der Waals surface area contributed by atoms with E-state index in [0.717, 1.165) is 0 Å². The molecule has 0 aromatic carbocycles. The van der Waals surface area contributed by atoms with Crippen molar-refractivity contribution >= 4 is 23.9 Å². The van der Waals surface area contributed by atoms with E-state index in [1.165, 1.54) is 41.5 Å². The molecule has 0 amide bonds. The summed E-state index contributed by atoms with van der Waals surface area (Å²) in [7, 11) is 0. The lowest BCUT2D eigenvalue weighted by Crippen LogP contribution is -2.18. The highest BCUT2D eigenvalue weighted by Crippen LogP contribution is 1.94. The zero-order chi connectivity index (χ0) is 16.3. The predicted octanol–water partition coefficient (Wildman–Crippen LogP) is 0.917. The minimum atomic E-state index is -0.782. The molecule has 0 aromatic rings. The van der Waals surface area contributed by atoms with Gasteiger partial charge in [0, 0.05) is 41.5 Å². The largest absolute Gasteiger partial charge is 0.426 e. The zero-order valence-electron chi connectivity index (χ0n) is 12.4. The Morgan fingerprint density at radius 1 is 0.550 bits per heavy atom.